The maximum Gasteiger partial charge on any atom is 0.320 e. The lowest BCUT2D eigenvalue weighted by molar-refractivity contribution is 0.286. The fourth-order valence-electron chi connectivity index (χ4n) is 2.43. The van der Waals surface area contributed by atoms with E-state index >= 15 is 0 Å². The molecule has 0 aliphatic heterocycles. The first-order chi connectivity index (χ1) is 11.7. The van der Waals surface area contributed by atoms with E-state index < -0.39 is 0 Å². The zero-order valence-electron chi connectivity index (χ0n) is 14.4. The molecule has 0 spiro atoms. The lowest BCUT2D eigenvalue weighted by Gasteiger charge is -2.08. The molecule has 0 bridgehead atoms. The van der Waals surface area contributed by atoms with E-state index in [1.165, 1.54) is 0 Å². The number of anilines is 1. The second-order valence-corrected chi connectivity index (χ2v) is 6.00. The normalized spacial score (nSPS) is 11.1. The van der Waals surface area contributed by atoms with Crippen LogP contribution in [0.15, 0.2) is 0 Å². The maximum absolute atomic E-state index is 6.02. The number of unbranched alkanes of at least 4 members (excludes halogenated alkanes) is 4. The highest BCUT2D eigenvalue weighted by Gasteiger charge is 2.17. The lowest BCUT2D eigenvalue weighted by Crippen LogP contribution is -2.06. The van der Waals surface area contributed by atoms with Gasteiger partial charge in [-0.3, -0.25) is 4.57 Å². The molecule has 2 aromatic rings. The molecule has 24 heavy (non-hydrogen) atoms. The molecule has 0 radical (unpaired) electrons. The number of methoxy groups -OCH3 is 1. The number of aromatic nitrogens is 4. The van der Waals surface area contributed by atoms with Crippen LogP contribution in [0.5, 0.6) is 12.0 Å². The third-order valence-electron chi connectivity index (χ3n) is 3.74. The Morgan fingerprint density at radius 2 is 1.88 bits per heavy atom. The van der Waals surface area contributed by atoms with Crippen molar-refractivity contribution in [1.82, 2.24) is 19.5 Å². The summed E-state index contributed by atoms with van der Waals surface area (Å²) in [5, 5.41) is 0. The van der Waals surface area contributed by atoms with Gasteiger partial charge in [0.1, 0.15) is 0 Å². The number of nitrogens with zero attached hydrogens (tertiary/aromatic N) is 4. The second kappa shape index (κ2) is 9.52. The summed E-state index contributed by atoms with van der Waals surface area (Å²) in [4.78, 5) is 13.1. The van der Waals surface area contributed by atoms with E-state index in [0.717, 1.165) is 45.1 Å². The highest BCUT2D eigenvalue weighted by atomic mass is 35.5. The Hall–Kier alpha value is -1.76. The summed E-state index contributed by atoms with van der Waals surface area (Å²) < 4.78 is 12.9. The largest absolute Gasteiger partial charge is 0.468 e. The van der Waals surface area contributed by atoms with Gasteiger partial charge in [-0.25, -0.2) is 0 Å². The van der Waals surface area contributed by atoms with Gasteiger partial charge in [-0.05, 0) is 19.3 Å². The van der Waals surface area contributed by atoms with Crippen molar-refractivity contribution in [2.24, 2.45) is 0 Å². The van der Waals surface area contributed by atoms with Crippen molar-refractivity contribution in [2.45, 2.75) is 52.0 Å². The third-order valence-corrected chi connectivity index (χ3v) is 4.01. The highest BCUT2D eigenvalue weighted by molar-refractivity contribution is 6.17. The monoisotopic (exact) mass is 355 g/mol. The number of nitrogen functional groups attached to an aromatic ring is 1. The third kappa shape index (κ3) is 4.63. The van der Waals surface area contributed by atoms with Gasteiger partial charge in [0.25, 0.3) is 6.01 Å². The van der Waals surface area contributed by atoms with Gasteiger partial charge in [0, 0.05) is 12.4 Å². The molecule has 0 amide bonds. The van der Waals surface area contributed by atoms with Crippen LogP contribution in [0.3, 0.4) is 0 Å². The number of hydrogen-bond acceptors (Lipinski definition) is 6. The van der Waals surface area contributed by atoms with Gasteiger partial charge in [0.15, 0.2) is 17.0 Å². The smallest absolute Gasteiger partial charge is 0.320 e. The van der Waals surface area contributed by atoms with Crippen LogP contribution in [0, 0.1) is 0 Å². The molecule has 8 heteroatoms. The van der Waals surface area contributed by atoms with Crippen molar-refractivity contribution in [1.29, 1.82) is 0 Å². The van der Waals surface area contributed by atoms with Crippen LogP contribution in [0.2, 0.25) is 0 Å². The molecule has 2 aromatic heterocycles. The van der Waals surface area contributed by atoms with Gasteiger partial charge in [0.2, 0.25) is 0 Å². The van der Waals surface area contributed by atoms with Crippen LogP contribution in [0.4, 0.5) is 5.82 Å². The molecule has 0 aromatic carbocycles. The molecule has 7 nitrogen and oxygen atoms in total. The molecule has 134 valence electrons. The van der Waals surface area contributed by atoms with E-state index in [4.69, 9.17) is 26.8 Å². The van der Waals surface area contributed by atoms with Crippen molar-refractivity contribution >= 4 is 28.6 Å². The number of aryl methyl sites for hydroxylation is 1. The van der Waals surface area contributed by atoms with Crippen molar-refractivity contribution in [2.75, 3.05) is 25.3 Å². The van der Waals surface area contributed by atoms with Gasteiger partial charge in [-0.15, -0.1) is 11.6 Å². The van der Waals surface area contributed by atoms with Crippen molar-refractivity contribution < 1.29 is 9.47 Å². The second-order valence-electron chi connectivity index (χ2n) is 5.62. The molecular formula is C16H26ClN5O2. The summed E-state index contributed by atoms with van der Waals surface area (Å²) in [6.45, 7) is 3.43. The van der Waals surface area contributed by atoms with E-state index in [1.807, 2.05) is 4.57 Å². The average molecular weight is 356 g/mol. The molecule has 0 saturated carbocycles. The number of imidazole rings is 1. The van der Waals surface area contributed by atoms with Gasteiger partial charge < -0.3 is 15.2 Å². The van der Waals surface area contributed by atoms with Crippen molar-refractivity contribution in [3.05, 3.63) is 0 Å². The molecule has 0 atom stereocenters. The van der Waals surface area contributed by atoms with Crippen LogP contribution in [0.25, 0.3) is 11.2 Å². The molecule has 2 rings (SSSR count). The van der Waals surface area contributed by atoms with E-state index in [1.54, 1.807) is 7.11 Å². The summed E-state index contributed by atoms with van der Waals surface area (Å²) in [5.74, 6) is 1.02. The first kappa shape index (κ1) is 18.6. The van der Waals surface area contributed by atoms with Crippen LogP contribution >= 0.6 is 11.6 Å². The van der Waals surface area contributed by atoms with Gasteiger partial charge in [-0.1, -0.05) is 26.2 Å². The van der Waals surface area contributed by atoms with E-state index in [9.17, 15) is 0 Å². The number of rotatable bonds is 11. The first-order valence-electron chi connectivity index (χ1n) is 8.47. The molecule has 0 fully saturated rings. The molecule has 2 heterocycles. The number of fused-ring (bicyclic) bond motifs is 1. The van der Waals surface area contributed by atoms with Crippen LogP contribution in [-0.2, 0) is 6.54 Å². The number of nitrogens with two attached hydrogens (primary N) is 1. The number of alkyl halides is 1. The minimum Gasteiger partial charge on any atom is -0.468 e. The fourth-order valence-corrected chi connectivity index (χ4v) is 2.62. The Labute approximate surface area is 147 Å². The number of halogens is 1. The molecule has 0 aliphatic carbocycles. The van der Waals surface area contributed by atoms with E-state index in [0.29, 0.717) is 41.5 Å². The Balaban J connectivity index is 2.19. The molecular weight excluding hydrogens is 330 g/mol. The Morgan fingerprint density at radius 1 is 1.08 bits per heavy atom. The standard InChI is InChI=1S/C16H26ClN5O2/c1-3-4-11-24-15-20-13(18)12-14(21-15)22(16(19-12)23-2)10-8-6-5-7-9-17/h3-11H2,1-2H3,(H2,18,20,21). The summed E-state index contributed by atoms with van der Waals surface area (Å²) >= 11 is 5.71. The van der Waals surface area contributed by atoms with Crippen molar-refractivity contribution in [3.63, 3.8) is 0 Å². The minimum absolute atomic E-state index is 0.291. The van der Waals surface area contributed by atoms with Crippen molar-refractivity contribution in [3.8, 4) is 12.0 Å². The molecule has 0 unspecified atom stereocenters. The number of hydrogen-bond donors (Lipinski definition) is 1. The predicted octanol–water partition coefficient (Wildman–Crippen LogP) is 3.40. The predicted molar refractivity (Wildman–Crippen MR) is 95.9 cm³/mol. The van der Waals surface area contributed by atoms with E-state index in [2.05, 4.69) is 21.9 Å². The van der Waals surface area contributed by atoms with E-state index in [-0.39, 0.29) is 0 Å². The number of ether oxygens (including phenoxy) is 2. The van der Waals surface area contributed by atoms with Crippen LogP contribution in [0.1, 0.15) is 45.4 Å². The zero-order chi connectivity index (χ0) is 17.4. The Kier molecular flexibility index (Phi) is 7.36. The summed E-state index contributed by atoms with van der Waals surface area (Å²) in [7, 11) is 1.59. The lowest BCUT2D eigenvalue weighted by atomic mass is 10.2. The SMILES string of the molecule is CCCCOc1nc(N)c2nc(OC)n(CCCCCCCl)c2n1. The maximum atomic E-state index is 6.02. The van der Waals surface area contributed by atoms with Gasteiger partial charge >= 0.3 is 6.01 Å². The Morgan fingerprint density at radius 3 is 2.58 bits per heavy atom. The summed E-state index contributed by atoms with van der Waals surface area (Å²) in [6.07, 6.45) is 6.23. The quantitative estimate of drug-likeness (QED) is 0.491. The average Bonchev–Trinajstić information content (AvgIpc) is 2.93. The summed E-state index contributed by atoms with van der Waals surface area (Å²) in [5.41, 5.74) is 7.22. The van der Waals surface area contributed by atoms with Crippen LogP contribution < -0.4 is 15.2 Å². The first-order valence-corrected chi connectivity index (χ1v) is 9.01. The molecule has 0 saturated heterocycles. The van der Waals surface area contributed by atoms with Gasteiger partial charge in [0.05, 0.1) is 13.7 Å². The molecule has 0 aliphatic rings. The van der Waals surface area contributed by atoms with Gasteiger partial charge in [-0.2, -0.15) is 15.0 Å². The fraction of sp³-hybridized carbons (Fsp3) is 0.688. The Bertz CT molecular complexity index is 647. The minimum atomic E-state index is 0.291. The zero-order valence-corrected chi connectivity index (χ0v) is 15.2. The topological polar surface area (TPSA) is 88.1 Å². The van der Waals surface area contributed by atoms with Crippen LogP contribution in [-0.4, -0.2) is 39.1 Å². The summed E-state index contributed by atoms with van der Waals surface area (Å²) in [6, 6.07) is 0.786. The highest BCUT2D eigenvalue weighted by Crippen LogP contribution is 2.26. The molecule has 2 N–H and O–H groups in total.